The third-order valence-corrected chi connectivity index (χ3v) is 3.21. The van der Waals surface area contributed by atoms with Gasteiger partial charge in [0.2, 0.25) is 0 Å². The SMILES string of the molecule is COc1ccc(/C=C/C(=O)OCC(=O)Nc2cccc(C#N)c2)cc1F. The van der Waals surface area contributed by atoms with Crippen LogP contribution in [0.3, 0.4) is 0 Å². The number of amides is 1. The molecule has 0 bridgehead atoms. The van der Waals surface area contributed by atoms with Gasteiger partial charge in [-0.3, -0.25) is 4.79 Å². The number of rotatable bonds is 6. The summed E-state index contributed by atoms with van der Waals surface area (Å²) in [6.45, 7) is -0.489. The van der Waals surface area contributed by atoms with Crippen molar-refractivity contribution in [2.75, 3.05) is 19.0 Å². The molecule has 0 unspecified atom stereocenters. The summed E-state index contributed by atoms with van der Waals surface area (Å²) in [6.07, 6.45) is 2.45. The Morgan fingerprint density at radius 3 is 2.77 bits per heavy atom. The minimum absolute atomic E-state index is 0.0989. The number of carbonyl (C=O) groups is 2. The van der Waals surface area contributed by atoms with Gasteiger partial charge in [0.15, 0.2) is 18.2 Å². The van der Waals surface area contributed by atoms with Crippen molar-refractivity contribution in [1.82, 2.24) is 0 Å². The van der Waals surface area contributed by atoms with Gasteiger partial charge in [0.05, 0.1) is 18.7 Å². The molecule has 0 saturated carbocycles. The maximum absolute atomic E-state index is 13.5. The van der Waals surface area contributed by atoms with Crippen LogP contribution in [-0.4, -0.2) is 25.6 Å². The Morgan fingerprint density at radius 2 is 2.08 bits per heavy atom. The lowest BCUT2D eigenvalue weighted by atomic mass is 10.2. The Morgan fingerprint density at radius 1 is 1.27 bits per heavy atom. The number of nitrogens with zero attached hydrogens (tertiary/aromatic N) is 1. The Bertz CT molecular complexity index is 887. The normalized spacial score (nSPS) is 10.2. The van der Waals surface area contributed by atoms with Gasteiger partial charge in [-0.05, 0) is 42.0 Å². The number of anilines is 1. The van der Waals surface area contributed by atoms with Gasteiger partial charge in [0.25, 0.3) is 5.91 Å². The average molecular weight is 354 g/mol. The fraction of sp³-hybridized carbons (Fsp3) is 0.105. The molecule has 6 nitrogen and oxygen atoms in total. The first-order valence-electron chi connectivity index (χ1n) is 7.50. The molecule has 0 aliphatic carbocycles. The third kappa shape index (κ3) is 5.46. The summed E-state index contributed by atoms with van der Waals surface area (Å²) in [7, 11) is 1.35. The molecule has 0 fully saturated rings. The molecule has 2 aromatic carbocycles. The lowest BCUT2D eigenvalue weighted by Gasteiger charge is -2.05. The second-order valence-electron chi connectivity index (χ2n) is 5.08. The summed E-state index contributed by atoms with van der Waals surface area (Å²) in [5.41, 5.74) is 1.27. The monoisotopic (exact) mass is 354 g/mol. The topological polar surface area (TPSA) is 88.4 Å². The Hall–Kier alpha value is -3.66. The predicted molar refractivity (Wildman–Crippen MR) is 92.7 cm³/mol. The van der Waals surface area contributed by atoms with Gasteiger partial charge in [-0.1, -0.05) is 12.1 Å². The molecule has 0 saturated heterocycles. The van der Waals surface area contributed by atoms with E-state index in [0.29, 0.717) is 16.8 Å². The summed E-state index contributed by atoms with van der Waals surface area (Å²) in [6, 6.07) is 12.5. The second-order valence-corrected chi connectivity index (χ2v) is 5.08. The van der Waals surface area contributed by atoms with Crippen LogP contribution in [0.2, 0.25) is 0 Å². The lowest BCUT2D eigenvalue weighted by Crippen LogP contribution is -2.20. The molecule has 0 spiro atoms. The van der Waals surface area contributed by atoms with Crippen molar-refractivity contribution in [2.45, 2.75) is 0 Å². The zero-order chi connectivity index (χ0) is 18.9. The number of ether oxygens (including phenoxy) is 2. The van der Waals surface area contributed by atoms with Crippen LogP contribution in [0, 0.1) is 17.1 Å². The van der Waals surface area contributed by atoms with E-state index >= 15 is 0 Å². The van der Waals surface area contributed by atoms with E-state index in [1.807, 2.05) is 6.07 Å². The number of nitriles is 1. The second kappa shape index (κ2) is 8.99. The number of carbonyl (C=O) groups excluding carboxylic acids is 2. The molecule has 0 aliphatic rings. The van der Waals surface area contributed by atoms with Crippen molar-refractivity contribution in [1.29, 1.82) is 5.26 Å². The van der Waals surface area contributed by atoms with Gasteiger partial charge in [-0.15, -0.1) is 0 Å². The minimum Gasteiger partial charge on any atom is -0.494 e. The number of halogens is 1. The Balaban J connectivity index is 1.85. The van der Waals surface area contributed by atoms with Crippen molar-refractivity contribution >= 4 is 23.6 Å². The first-order valence-corrected chi connectivity index (χ1v) is 7.50. The molecule has 0 heterocycles. The summed E-state index contributed by atoms with van der Waals surface area (Å²) in [5.74, 6) is -1.75. The number of benzene rings is 2. The standard InChI is InChI=1S/C19H15FN2O4/c1-25-17-7-5-13(10-16(17)20)6-8-19(24)26-12-18(23)22-15-4-2-3-14(9-15)11-21/h2-10H,12H2,1H3,(H,22,23)/b8-6+. The van der Waals surface area contributed by atoms with Crippen molar-refractivity contribution in [3.8, 4) is 11.8 Å². The highest BCUT2D eigenvalue weighted by atomic mass is 19.1. The Kier molecular flexibility index (Phi) is 6.46. The highest BCUT2D eigenvalue weighted by Crippen LogP contribution is 2.18. The molecule has 0 aliphatic heterocycles. The predicted octanol–water partition coefficient (Wildman–Crippen LogP) is 2.90. The van der Waals surface area contributed by atoms with Crippen molar-refractivity contribution in [3.63, 3.8) is 0 Å². The highest BCUT2D eigenvalue weighted by Gasteiger charge is 2.07. The van der Waals surface area contributed by atoms with Crippen LogP contribution in [0.15, 0.2) is 48.5 Å². The number of methoxy groups -OCH3 is 1. The van der Waals surface area contributed by atoms with Crippen LogP contribution in [0.25, 0.3) is 6.08 Å². The molecule has 7 heteroatoms. The van der Waals surface area contributed by atoms with E-state index in [2.05, 4.69) is 5.32 Å². The van der Waals surface area contributed by atoms with Crippen molar-refractivity contribution in [3.05, 3.63) is 65.5 Å². The van der Waals surface area contributed by atoms with Gasteiger partial charge >= 0.3 is 5.97 Å². The number of hydrogen-bond acceptors (Lipinski definition) is 5. The average Bonchev–Trinajstić information content (AvgIpc) is 2.65. The highest BCUT2D eigenvalue weighted by molar-refractivity contribution is 5.94. The molecule has 1 amide bonds. The van der Waals surface area contributed by atoms with Crippen molar-refractivity contribution in [2.24, 2.45) is 0 Å². The maximum Gasteiger partial charge on any atom is 0.331 e. The quantitative estimate of drug-likeness (QED) is 0.636. The maximum atomic E-state index is 13.5. The molecule has 2 aromatic rings. The first-order chi connectivity index (χ1) is 12.5. The molecule has 1 N–H and O–H groups in total. The van der Waals surface area contributed by atoms with Crippen LogP contribution in [0.1, 0.15) is 11.1 Å². The largest absolute Gasteiger partial charge is 0.494 e. The number of esters is 1. The van der Waals surface area contributed by atoms with E-state index in [-0.39, 0.29) is 5.75 Å². The van der Waals surface area contributed by atoms with Gasteiger partial charge in [0.1, 0.15) is 0 Å². The van der Waals surface area contributed by atoms with E-state index in [0.717, 1.165) is 6.08 Å². The van der Waals surface area contributed by atoms with E-state index in [9.17, 15) is 14.0 Å². The van der Waals surface area contributed by atoms with Crippen LogP contribution in [0.5, 0.6) is 5.75 Å². The van der Waals surface area contributed by atoms with Gasteiger partial charge in [-0.25, -0.2) is 9.18 Å². The molecule has 0 radical (unpaired) electrons. The van der Waals surface area contributed by atoms with E-state index in [4.69, 9.17) is 14.7 Å². The van der Waals surface area contributed by atoms with Crippen molar-refractivity contribution < 1.29 is 23.5 Å². The smallest absolute Gasteiger partial charge is 0.331 e. The fourth-order valence-electron chi connectivity index (χ4n) is 2.00. The molecule has 26 heavy (non-hydrogen) atoms. The van der Waals surface area contributed by atoms with Crippen LogP contribution < -0.4 is 10.1 Å². The summed E-state index contributed by atoms with van der Waals surface area (Å²) in [4.78, 5) is 23.4. The third-order valence-electron chi connectivity index (χ3n) is 3.21. The Labute approximate surface area is 149 Å². The van der Waals surface area contributed by atoms with E-state index < -0.39 is 24.3 Å². The molecule has 2 rings (SSSR count). The van der Waals surface area contributed by atoms with Gasteiger partial charge in [0, 0.05) is 11.8 Å². The summed E-state index contributed by atoms with van der Waals surface area (Å²) < 4.78 is 23.2. The van der Waals surface area contributed by atoms with E-state index in [1.54, 1.807) is 24.3 Å². The summed E-state index contributed by atoms with van der Waals surface area (Å²) >= 11 is 0. The van der Waals surface area contributed by atoms with Crippen LogP contribution in [-0.2, 0) is 14.3 Å². The van der Waals surface area contributed by atoms with Crippen LogP contribution >= 0.6 is 0 Å². The number of nitrogens with one attached hydrogen (secondary N) is 1. The lowest BCUT2D eigenvalue weighted by molar-refractivity contribution is -0.142. The molecule has 0 aromatic heterocycles. The van der Waals surface area contributed by atoms with Crippen LogP contribution in [0.4, 0.5) is 10.1 Å². The number of hydrogen-bond donors (Lipinski definition) is 1. The first kappa shape index (κ1) is 18.7. The molecular formula is C19H15FN2O4. The zero-order valence-electron chi connectivity index (χ0n) is 13.9. The zero-order valence-corrected chi connectivity index (χ0v) is 13.9. The van der Waals surface area contributed by atoms with Gasteiger partial charge < -0.3 is 14.8 Å². The molecule has 0 atom stereocenters. The molecular weight excluding hydrogens is 339 g/mol. The molecule has 132 valence electrons. The fourth-order valence-corrected chi connectivity index (χ4v) is 2.00. The summed E-state index contributed by atoms with van der Waals surface area (Å²) in [5, 5.41) is 11.3. The minimum atomic E-state index is -0.748. The van der Waals surface area contributed by atoms with E-state index in [1.165, 1.54) is 31.4 Å². The van der Waals surface area contributed by atoms with Gasteiger partial charge in [-0.2, -0.15) is 5.26 Å².